The highest BCUT2D eigenvalue weighted by atomic mass is 79.9. The number of hydrogen-bond acceptors (Lipinski definition) is 3. The minimum Gasteiger partial charge on any atom is -0.365 e. The van der Waals surface area contributed by atoms with Crippen molar-refractivity contribution in [3.63, 3.8) is 0 Å². The number of anilines is 1. The van der Waals surface area contributed by atoms with Crippen LogP contribution in [0.2, 0.25) is 5.15 Å². The predicted molar refractivity (Wildman–Crippen MR) is 63.1 cm³/mol. The van der Waals surface area contributed by atoms with E-state index in [9.17, 15) is 0 Å². The standard InChI is InChI=1S/C9H11BrClN3/c1-5(10)4-12-9-6(2)8(11)13-7(3)14-9/h1,4H2,2-3H3,(H,12,13,14). The van der Waals surface area contributed by atoms with Crippen molar-refractivity contribution in [3.8, 4) is 0 Å². The smallest absolute Gasteiger partial charge is 0.137 e. The molecule has 0 atom stereocenters. The van der Waals surface area contributed by atoms with Crippen LogP contribution in [0.25, 0.3) is 0 Å². The summed E-state index contributed by atoms with van der Waals surface area (Å²) in [5, 5.41) is 3.60. The molecule has 1 aromatic rings. The van der Waals surface area contributed by atoms with Gasteiger partial charge in [-0.25, -0.2) is 9.97 Å². The van der Waals surface area contributed by atoms with E-state index in [4.69, 9.17) is 11.6 Å². The van der Waals surface area contributed by atoms with Gasteiger partial charge in [0.05, 0.1) is 0 Å². The molecule has 0 unspecified atom stereocenters. The van der Waals surface area contributed by atoms with E-state index in [0.29, 0.717) is 17.5 Å². The van der Waals surface area contributed by atoms with Crippen LogP contribution in [0.3, 0.4) is 0 Å². The molecule has 0 aromatic carbocycles. The van der Waals surface area contributed by atoms with Crippen LogP contribution >= 0.6 is 27.5 Å². The quantitative estimate of drug-likeness (QED) is 0.862. The average molecular weight is 277 g/mol. The molecule has 5 heteroatoms. The molecule has 0 bridgehead atoms. The van der Waals surface area contributed by atoms with E-state index in [-0.39, 0.29) is 0 Å². The summed E-state index contributed by atoms with van der Waals surface area (Å²) in [4.78, 5) is 8.28. The van der Waals surface area contributed by atoms with Crippen molar-refractivity contribution in [1.82, 2.24) is 9.97 Å². The summed E-state index contributed by atoms with van der Waals surface area (Å²) in [7, 11) is 0. The molecule has 0 fully saturated rings. The van der Waals surface area contributed by atoms with Gasteiger partial charge in [0.15, 0.2) is 0 Å². The maximum atomic E-state index is 5.91. The zero-order chi connectivity index (χ0) is 10.7. The number of nitrogens with one attached hydrogen (secondary N) is 1. The van der Waals surface area contributed by atoms with Crippen molar-refractivity contribution >= 4 is 33.3 Å². The summed E-state index contributed by atoms with van der Waals surface area (Å²) < 4.78 is 0.865. The van der Waals surface area contributed by atoms with Crippen LogP contribution in [0, 0.1) is 13.8 Å². The second-order valence-electron chi connectivity index (χ2n) is 2.91. The second-order valence-corrected chi connectivity index (χ2v) is 4.39. The average Bonchev–Trinajstić information content (AvgIpc) is 2.08. The first-order valence-corrected chi connectivity index (χ1v) is 5.25. The van der Waals surface area contributed by atoms with Crippen LogP contribution in [-0.4, -0.2) is 16.5 Å². The Morgan fingerprint density at radius 1 is 1.50 bits per heavy atom. The summed E-state index contributed by atoms with van der Waals surface area (Å²) in [6, 6.07) is 0. The van der Waals surface area contributed by atoms with E-state index < -0.39 is 0 Å². The number of rotatable bonds is 3. The van der Waals surface area contributed by atoms with Crippen molar-refractivity contribution in [3.05, 3.63) is 27.6 Å². The summed E-state index contributed by atoms with van der Waals surface area (Å²) in [5.74, 6) is 1.41. The maximum absolute atomic E-state index is 5.91. The van der Waals surface area contributed by atoms with Crippen LogP contribution < -0.4 is 5.32 Å². The molecule has 0 saturated carbocycles. The Balaban J connectivity index is 2.90. The lowest BCUT2D eigenvalue weighted by atomic mass is 10.3. The molecule has 0 aliphatic rings. The largest absolute Gasteiger partial charge is 0.365 e. The van der Waals surface area contributed by atoms with Gasteiger partial charge in [0.2, 0.25) is 0 Å². The lowest BCUT2D eigenvalue weighted by Gasteiger charge is -2.09. The lowest BCUT2D eigenvalue weighted by molar-refractivity contribution is 1.02. The number of nitrogens with zero attached hydrogens (tertiary/aromatic N) is 2. The summed E-state index contributed by atoms with van der Waals surface area (Å²) in [6.45, 7) is 8.02. The Morgan fingerprint density at radius 3 is 2.71 bits per heavy atom. The van der Waals surface area contributed by atoms with E-state index in [1.54, 1.807) is 6.92 Å². The Morgan fingerprint density at radius 2 is 2.14 bits per heavy atom. The fourth-order valence-corrected chi connectivity index (χ4v) is 1.30. The summed E-state index contributed by atoms with van der Waals surface area (Å²) in [6.07, 6.45) is 0. The fraction of sp³-hybridized carbons (Fsp3) is 0.333. The van der Waals surface area contributed by atoms with Crippen LogP contribution in [-0.2, 0) is 0 Å². The molecule has 0 spiro atoms. The first-order valence-electron chi connectivity index (χ1n) is 4.08. The molecule has 0 saturated heterocycles. The number of hydrogen-bond donors (Lipinski definition) is 1. The van der Waals surface area contributed by atoms with Crippen LogP contribution in [0.4, 0.5) is 5.82 Å². The first kappa shape index (κ1) is 11.5. The number of aromatic nitrogens is 2. The molecule has 0 radical (unpaired) electrons. The van der Waals surface area contributed by atoms with Gasteiger partial charge in [-0.3, -0.25) is 0 Å². The summed E-state index contributed by atoms with van der Waals surface area (Å²) >= 11 is 9.17. The second kappa shape index (κ2) is 4.75. The summed E-state index contributed by atoms with van der Waals surface area (Å²) in [5.41, 5.74) is 0.853. The van der Waals surface area contributed by atoms with Crippen LogP contribution in [0.15, 0.2) is 11.1 Å². The molecule has 1 heterocycles. The van der Waals surface area contributed by atoms with E-state index in [1.807, 2.05) is 6.92 Å². The predicted octanol–water partition coefficient (Wildman–Crippen LogP) is 3.07. The van der Waals surface area contributed by atoms with E-state index in [1.165, 1.54) is 0 Å². The zero-order valence-electron chi connectivity index (χ0n) is 8.06. The highest BCUT2D eigenvalue weighted by Gasteiger charge is 2.06. The van der Waals surface area contributed by atoms with Crippen molar-refractivity contribution in [2.45, 2.75) is 13.8 Å². The Labute approximate surface area is 96.7 Å². The Hall–Kier alpha value is -0.610. The van der Waals surface area contributed by atoms with Gasteiger partial charge in [0.1, 0.15) is 16.8 Å². The molecule has 1 N–H and O–H groups in total. The minimum absolute atomic E-state index is 0.486. The molecule has 0 aliphatic carbocycles. The third-order valence-electron chi connectivity index (χ3n) is 1.65. The van der Waals surface area contributed by atoms with Crippen molar-refractivity contribution < 1.29 is 0 Å². The minimum atomic E-state index is 0.486. The lowest BCUT2D eigenvalue weighted by Crippen LogP contribution is -2.06. The van der Waals surface area contributed by atoms with Gasteiger partial charge in [-0.2, -0.15) is 0 Å². The molecular weight excluding hydrogens is 265 g/mol. The molecule has 14 heavy (non-hydrogen) atoms. The fourth-order valence-electron chi connectivity index (χ4n) is 0.946. The Bertz CT molecular complexity index is 365. The van der Waals surface area contributed by atoms with Crippen LogP contribution in [0.1, 0.15) is 11.4 Å². The zero-order valence-corrected chi connectivity index (χ0v) is 10.4. The molecular formula is C9H11BrClN3. The third kappa shape index (κ3) is 2.96. The third-order valence-corrected chi connectivity index (χ3v) is 2.29. The van der Waals surface area contributed by atoms with Crippen LogP contribution in [0.5, 0.6) is 0 Å². The van der Waals surface area contributed by atoms with Gasteiger partial charge in [-0.15, -0.1) is 0 Å². The Kier molecular flexibility index (Phi) is 3.89. The first-order chi connectivity index (χ1) is 6.50. The number of aryl methyl sites for hydroxylation is 1. The van der Waals surface area contributed by atoms with Crippen molar-refractivity contribution in [2.24, 2.45) is 0 Å². The van der Waals surface area contributed by atoms with E-state index in [2.05, 4.69) is 37.8 Å². The molecule has 0 amide bonds. The normalized spacial score (nSPS) is 10.0. The van der Waals surface area contributed by atoms with Crippen molar-refractivity contribution in [2.75, 3.05) is 11.9 Å². The molecule has 0 aliphatic heterocycles. The molecule has 1 rings (SSSR count). The number of halogens is 2. The highest BCUT2D eigenvalue weighted by molar-refractivity contribution is 9.11. The topological polar surface area (TPSA) is 37.8 Å². The van der Waals surface area contributed by atoms with Gasteiger partial charge in [-0.1, -0.05) is 34.1 Å². The van der Waals surface area contributed by atoms with E-state index in [0.717, 1.165) is 15.9 Å². The van der Waals surface area contributed by atoms with E-state index >= 15 is 0 Å². The molecule has 3 nitrogen and oxygen atoms in total. The van der Waals surface area contributed by atoms with Gasteiger partial charge in [0.25, 0.3) is 0 Å². The van der Waals surface area contributed by atoms with Gasteiger partial charge in [0, 0.05) is 16.6 Å². The van der Waals surface area contributed by atoms with Gasteiger partial charge in [-0.05, 0) is 13.8 Å². The SMILES string of the molecule is C=C(Br)CNc1nc(C)nc(Cl)c1C. The monoisotopic (exact) mass is 275 g/mol. The van der Waals surface area contributed by atoms with Crippen molar-refractivity contribution in [1.29, 1.82) is 0 Å². The van der Waals surface area contributed by atoms with Gasteiger partial charge < -0.3 is 5.32 Å². The molecule has 76 valence electrons. The molecule has 1 aromatic heterocycles. The van der Waals surface area contributed by atoms with Gasteiger partial charge >= 0.3 is 0 Å². The maximum Gasteiger partial charge on any atom is 0.137 e. The highest BCUT2D eigenvalue weighted by Crippen LogP contribution is 2.19.